The molecule has 3 N–H and O–H groups in total. The minimum absolute atomic E-state index is 0.0124. The summed E-state index contributed by atoms with van der Waals surface area (Å²) in [5, 5.41) is 25.3. The zero-order chi connectivity index (χ0) is 16.8. The summed E-state index contributed by atoms with van der Waals surface area (Å²) >= 11 is 1.56. The lowest BCUT2D eigenvalue weighted by Crippen LogP contribution is -2.19. The zero-order valence-corrected chi connectivity index (χ0v) is 14.0. The molecular weight excluding hydrogens is 312 g/mol. The highest BCUT2D eigenvalue weighted by molar-refractivity contribution is 7.10. The number of nitrogens with one attached hydrogen (secondary N) is 1. The van der Waals surface area contributed by atoms with Crippen LogP contribution in [-0.4, -0.2) is 21.8 Å². The molecule has 0 bridgehead atoms. The summed E-state index contributed by atoms with van der Waals surface area (Å²) in [5.74, 6) is -0.236. The number of phenols is 2. The van der Waals surface area contributed by atoms with Crippen LogP contribution in [0.2, 0.25) is 0 Å². The Kier molecular flexibility index (Phi) is 5.76. The van der Waals surface area contributed by atoms with E-state index < -0.39 is 0 Å². The molecule has 0 radical (unpaired) electrons. The second-order valence-electron chi connectivity index (χ2n) is 5.11. The van der Waals surface area contributed by atoms with Crippen LogP contribution in [0.3, 0.4) is 0 Å². The van der Waals surface area contributed by atoms with Gasteiger partial charge in [0, 0.05) is 15.8 Å². The van der Waals surface area contributed by atoms with Crippen molar-refractivity contribution < 1.29 is 15.0 Å². The van der Waals surface area contributed by atoms with Crippen molar-refractivity contribution in [1.82, 2.24) is 5.43 Å². The van der Waals surface area contributed by atoms with Gasteiger partial charge in [-0.1, -0.05) is 20.3 Å². The van der Waals surface area contributed by atoms with Crippen LogP contribution < -0.4 is 5.43 Å². The number of aromatic hydroxyl groups is 2. The molecule has 1 aromatic heterocycles. The van der Waals surface area contributed by atoms with Gasteiger partial charge in [-0.25, -0.2) is 5.43 Å². The van der Waals surface area contributed by atoms with Gasteiger partial charge >= 0.3 is 0 Å². The molecule has 1 amide bonds. The van der Waals surface area contributed by atoms with Gasteiger partial charge in [0.05, 0.1) is 11.3 Å². The molecule has 1 heterocycles. The molecule has 0 unspecified atom stereocenters. The van der Waals surface area contributed by atoms with Crippen molar-refractivity contribution in [3.63, 3.8) is 0 Å². The number of carbonyl (C=O) groups is 1. The van der Waals surface area contributed by atoms with Crippen LogP contribution in [-0.2, 0) is 6.42 Å². The first-order valence-corrected chi connectivity index (χ1v) is 8.39. The van der Waals surface area contributed by atoms with Crippen molar-refractivity contribution in [2.75, 3.05) is 0 Å². The van der Waals surface area contributed by atoms with E-state index in [0.29, 0.717) is 23.3 Å². The van der Waals surface area contributed by atoms with Crippen molar-refractivity contribution >= 4 is 23.0 Å². The normalized spacial score (nSPS) is 11.5. The summed E-state index contributed by atoms with van der Waals surface area (Å²) in [6.45, 7) is 3.96. The highest BCUT2D eigenvalue weighted by Crippen LogP contribution is 2.23. The lowest BCUT2D eigenvalue weighted by atomic mass is 10.1. The van der Waals surface area contributed by atoms with Gasteiger partial charge in [-0.05, 0) is 37.1 Å². The van der Waals surface area contributed by atoms with E-state index in [1.807, 2.05) is 18.4 Å². The van der Waals surface area contributed by atoms with Crippen LogP contribution in [0.1, 0.15) is 47.5 Å². The first kappa shape index (κ1) is 17.0. The molecule has 0 spiro atoms. The molecule has 23 heavy (non-hydrogen) atoms. The van der Waals surface area contributed by atoms with Gasteiger partial charge in [-0.3, -0.25) is 4.79 Å². The first-order chi connectivity index (χ1) is 11.0. The molecule has 0 aliphatic heterocycles. The number of aryl methyl sites for hydroxylation is 1. The number of phenolic OH excluding ortho intramolecular Hbond substituents is 2. The summed E-state index contributed by atoms with van der Waals surface area (Å²) < 4.78 is 0. The van der Waals surface area contributed by atoms with E-state index in [4.69, 9.17) is 0 Å². The van der Waals surface area contributed by atoms with Crippen LogP contribution in [0.25, 0.3) is 0 Å². The quantitative estimate of drug-likeness (QED) is 0.429. The molecule has 0 atom stereocenters. The van der Waals surface area contributed by atoms with E-state index >= 15 is 0 Å². The van der Waals surface area contributed by atoms with Crippen molar-refractivity contribution in [2.45, 2.75) is 33.1 Å². The van der Waals surface area contributed by atoms with Crippen LogP contribution in [0.5, 0.6) is 11.5 Å². The highest BCUT2D eigenvalue weighted by atomic mass is 32.1. The van der Waals surface area contributed by atoms with E-state index in [-0.39, 0.29) is 17.4 Å². The number of hydrogen-bond donors (Lipinski definition) is 3. The van der Waals surface area contributed by atoms with Gasteiger partial charge in [0.25, 0.3) is 5.91 Å². The molecule has 0 fully saturated rings. The second kappa shape index (κ2) is 7.78. The largest absolute Gasteiger partial charge is 0.508 e. The standard InChI is InChI=1S/C17H20N2O3S/c1-3-5-13-8-11(10-23-13)17(22)19-18-15(4-2)14-9-12(20)6-7-16(14)21/h6-10,20-21H,3-5H2,1-2H3,(H,19,22)/b18-15-. The number of hydrogen-bond acceptors (Lipinski definition) is 5. The number of rotatable bonds is 6. The van der Waals surface area contributed by atoms with Crippen LogP contribution in [0, 0.1) is 0 Å². The van der Waals surface area contributed by atoms with E-state index in [1.165, 1.54) is 23.1 Å². The minimum Gasteiger partial charge on any atom is -0.508 e. The number of carbonyl (C=O) groups excluding carboxylic acids is 1. The second-order valence-corrected chi connectivity index (χ2v) is 6.10. The summed E-state index contributed by atoms with van der Waals surface area (Å²) in [4.78, 5) is 13.3. The number of hydrazone groups is 1. The van der Waals surface area contributed by atoms with Crippen molar-refractivity contribution in [3.8, 4) is 11.5 Å². The van der Waals surface area contributed by atoms with Crippen molar-refractivity contribution in [3.05, 3.63) is 45.6 Å². The summed E-state index contributed by atoms with van der Waals surface area (Å²) in [6, 6.07) is 6.09. The predicted molar refractivity (Wildman–Crippen MR) is 92.4 cm³/mol. The third-order valence-electron chi connectivity index (χ3n) is 3.33. The van der Waals surface area contributed by atoms with Crippen molar-refractivity contribution in [2.24, 2.45) is 5.10 Å². The smallest absolute Gasteiger partial charge is 0.272 e. The highest BCUT2D eigenvalue weighted by Gasteiger charge is 2.11. The zero-order valence-electron chi connectivity index (χ0n) is 13.2. The van der Waals surface area contributed by atoms with Gasteiger partial charge in [0.1, 0.15) is 11.5 Å². The lowest BCUT2D eigenvalue weighted by Gasteiger charge is -2.07. The molecule has 0 saturated heterocycles. The maximum Gasteiger partial charge on any atom is 0.272 e. The molecule has 122 valence electrons. The fraction of sp³-hybridized carbons (Fsp3) is 0.294. The fourth-order valence-corrected chi connectivity index (χ4v) is 3.12. The van der Waals surface area contributed by atoms with Crippen LogP contribution in [0.4, 0.5) is 0 Å². The van der Waals surface area contributed by atoms with E-state index in [0.717, 1.165) is 12.8 Å². The van der Waals surface area contributed by atoms with E-state index in [1.54, 1.807) is 11.3 Å². The Labute approximate surface area is 139 Å². The number of nitrogens with zero attached hydrogens (tertiary/aromatic N) is 1. The van der Waals surface area contributed by atoms with Gasteiger partial charge in [-0.15, -0.1) is 11.3 Å². The Hall–Kier alpha value is -2.34. The predicted octanol–water partition coefficient (Wildman–Crippen LogP) is 3.66. The summed E-state index contributed by atoms with van der Waals surface area (Å²) in [5.41, 5.74) is 4.00. The van der Waals surface area contributed by atoms with Crippen LogP contribution in [0.15, 0.2) is 34.7 Å². The molecule has 2 aromatic rings. The third kappa shape index (κ3) is 4.32. The maximum atomic E-state index is 12.1. The summed E-state index contributed by atoms with van der Waals surface area (Å²) in [6.07, 6.45) is 2.50. The van der Waals surface area contributed by atoms with E-state index in [2.05, 4.69) is 17.5 Å². The molecule has 2 rings (SSSR count). The third-order valence-corrected chi connectivity index (χ3v) is 4.33. The van der Waals surface area contributed by atoms with Gasteiger partial charge in [0.2, 0.25) is 0 Å². The van der Waals surface area contributed by atoms with Gasteiger partial charge in [-0.2, -0.15) is 5.10 Å². The molecule has 0 aliphatic rings. The molecule has 0 saturated carbocycles. The molecular formula is C17H20N2O3S. The van der Waals surface area contributed by atoms with Crippen molar-refractivity contribution in [1.29, 1.82) is 0 Å². The molecule has 6 heteroatoms. The number of thiophene rings is 1. The first-order valence-electron chi connectivity index (χ1n) is 7.51. The molecule has 1 aromatic carbocycles. The molecule has 5 nitrogen and oxygen atoms in total. The fourth-order valence-electron chi connectivity index (χ4n) is 2.14. The van der Waals surface area contributed by atoms with Gasteiger partial charge < -0.3 is 10.2 Å². The minimum atomic E-state index is -0.283. The summed E-state index contributed by atoms with van der Waals surface area (Å²) in [7, 11) is 0. The lowest BCUT2D eigenvalue weighted by molar-refractivity contribution is 0.0955. The SMILES string of the molecule is CCCc1cc(C(=O)N/N=C(/CC)c2cc(O)ccc2O)cs1. The Balaban J connectivity index is 2.15. The number of amides is 1. The average molecular weight is 332 g/mol. The Morgan fingerprint density at radius 2 is 2.04 bits per heavy atom. The average Bonchev–Trinajstić information content (AvgIpc) is 3.00. The topological polar surface area (TPSA) is 81.9 Å². The Bertz CT molecular complexity index is 722. The van der Waals surface area contributed by atoms with Gasteiger partial charge in [0.15, 0.2) is 0 Å². The maximum absolute atomic E-state index is 12.1. The Morgan fingerprint density at radius 1 is 1.26 bits per heavy atom. The number of benzene rings is 1. The van der Waals surface area contributed by atoms with Crippen LogP contribution >= 0.6 is 11.3 Å². The van der Waals surface area contributed by atoms with E-state index in [9.17, 15) is 15.0 Å². The monoisotopic (exact) mass is 332 g/mol. The Morgan fingerprint density at radius 3 is 2.74 bits per heavy atom. The molecule has 0 aliphatic carbocycles.